The van der Waals surface area contributed by atoms with Crippen LogP contribution in [0.5, 0.6) is 0 Å². The van der Waals surface area contributed by atoms with E-state index in [1.165, 1.54) is 31.4 Å². The average molecular weight is 217 g/mol. The van der Waals surface area contributed by atoms with Gasteiger partial charge in [-0.1, -0.05) is 44.9 Å². The second-order valence-electron chi connectivity index (χ2n) is 4.22. The van der Waals surface area contributed by atoms with Crippen LogP contribution in [0.3, 0.4) is 0 Å². The van der Waals surface area contributed by atoms with E-state index in [0.29, 0.717) is 0 Å². The fraction of sp³-hybridized carbons (Fsp3) is 0.533. The number of unbranched alkanes of at least 4 members (excludes halogenated alkanes) is 2. The lowest BCUT2D eigenvalue weighted by Crippen LogP contribution is -1.97. The van der Waals surface area contributed by atoms with Crippen LogP contribution < -0.4 is 0 Å². The molecule has 0 atom stereocenters. The molecule has 0 radical (unpaired) electrons. The zero-order valence-electron chi connectivity index (χ0n) is 10.6. The number of hydrogen-bond acceptors (Lipinski definition) is 1. The Morgan fingerprint density at radius 2 is 1.50 bits per heavy atom. The van der Waals surface area contributed by atoms with Crippen LogP contribution >= 0.6 is 0 Å². The fourth-order valence-corrected chi connectivity index (χ4v) is 1.68. The van der Waals surface area contributed by atoms with E-state index in [0.717, 1.165) is 18.5 Å². The van der Waals surface area contributed by atoms with Gasteiger partial charge in [-0.3, -0.25) is 4.99 Å². The van der Waals surface area contributed by atoms with E-state index in [2.05, 4.69) is 38.1 Å². The standard InChI is InChI=1S/C15H23N/c1-3-5-10-14(11-6-4-2)16-15-12-8-7-9-13-15/h7-9,12-13H,3-6,10-11H2,1-2H3. The van der Waals surface area contributed by atoms with Crippen molar-refractivity contribution in [3.63, 3.8) is 0 Å². The summed E-state index contributed by atoms with van der Waals surface area (Å²) in [5.41, 5.74) is 2.47. The second-order valence-corrected chi connectivity index (χ2v) is 4.22. The third-order valence-electron chi connectivity index (χ3n) is 2.68. The summed E-state index contributed by atoms with van der Waals surface area (Å²) >= 11 is 0. The number of benzene rings is 1. The van der Waals surface area contributed by atoms with Crippen LogP contribution in [0, 0.1) is 0 Å². The molecular weight excluding hydrogens is 194 g/mol. The molecular formula is C15H23N. The van der Waals surface area contributed by atoms with Gasteiger partial charge in [0.2, 0.25) is 0 Å². The Bertz CT molecular complexity index is 290. The van der Waals surface area contributed by atoms with Gasteiger partial charge in [-0.15, -0.1) is 0 Å². The topological polar surface area (TPSA) is 12.4 Å². The predicted molar refractivity (Wildman–Crippen MR) is 72.6 cm³/mol. The van der Waals surface area contributed by atoms with Crippen molar-refractivity contribution in [2.45, 2.75) is 52.4 Å². The number of hydrogen-bond donors (Lipinski definition) is 0. The lowest BCUT2D eigenvalue weighted by molar-refractivity contribution is 0.786. The van der Waals surface area contributed by atoms with Crippen LogP contribution in [0.1, 0.15) is 52.4 Å². The lowest BCUT2D eigenvalue weighted by atomic mass is 10.1. The zero-order valence-corrected chi connectivity index (χ0v) is 10.6. The van der Waals surface area contributed by atoms with Gasteiger partial charge < -0.3 is 0 Å². The highest BCUT2D eigenvalue weighted by atomic mass is 14.7. The summed E-state index contributed by atoms with van der Waals surface area (Å²) in [6.45, 7) is 4.47. The summed E-state index contributed by atoms with van der Waals surface area (Å²) in [4.78, 5) is 4.75. The molecule has 0 aliphatic rings. The minimum absolute atomic E-state index is 1.10. The summed E-state index contributed by atoms with van der Waals surface area (Å²) < 4.78 is 0. The Morgan fingerprint density at radius 3 is 2.00 bits per heavy atom. The Morgan fingerprint density at radius 1 is 0.938 bits per heavy atom. The molecule has 0 saturated heterocycles. The summed E-state index contributed by atoms with van der Waals surface area (Å²) in [6.07, 6.45) is 7.33. The monoisotopic (exact) mass is 217 g/mol. The molecule has 0 N–H and O–H groups in total. The lowest BCUT2D eigenvalue weighted by Gasteiger charge is -2.05. The van der Waals surface area contributed by atoms with Gasteiger partial charge in [-0.2, -0.15) is 0 Å². The summed E-state index contributed by atoms with van der Waals surface area (Å²) in [5.74, 6) is 0. The molecule has 16 heavy (non-hydrogen) atoms. The molecule has 0 aliphatic carbocycles. The van der Waals surface area contributed by atoms with Crippen molar-refractivity contribution in [1.82, 2.24) is 0 Å². The summed E-state index contributed by atoms with van der Waals surface area (Å²) in [7, 11) is 0. The highest BCUT2D eigenvalue weighted by Gasteiger charge is 1.99. The highest BCUT2D eigenvalue weighted by molar-refractivity contribution is 5.86. The second kappa shape index (κ2) is 8.09. The van der Waals surface area contributed by atoms with E-state index < -0.39 is 0 Å². The number of aliphatic imine (C=N–C) groups is 1. The van der Waals surface area contributed by atoms with Crippen LogP contribution in [0.15, 0.2) is 35.3 Å². The first-order valence-corrected chi connectivity index (χ1v) is 6.48. The van der Waals surface area contributed by atoms with Gasteiger partial charge in [-0.05, 0) is 37.8 Å². The third-order valence-corrected chi connectivity index (χ3v) is 2.68. The third kappa shape index (κ3) is 5.11. The van der Waals surface area contributed by atoms with Gasteiger partial charge >= 0.3 is 0 Å². The first kappa shape index (κ1) is 13.0. The SMILES string of the molecule is CCCCC(CCCC)=Nc1ccccc1. The summed E-state index contributed by atoms with van der Waals surface area (Å²) in [6, 6.07) is 10.3. The fourth-order valence-electron chi connectivity index (χ4n) is 1.68. The van der Waals surface area contributed by atoms with Gasteiger partial charge in [0.05, 0.1) is 5.69 Å². The molecule has 0 heterocycles. The van der Waals surface area contributed by atoms with E-state index in [9.17, 15) is 0 Å². The van der Waals surface area contributed by atoms with Crippen molar-refractivity contribution in [2.75, 3.05) is 0 Å². The van der Waals surface area contributed by atoms with Crippen molar-refractivity contribution >= 4 is 11.4 Å². The Balaban J connectivity index is 2.63. The maximum atomic E-state index is 4.75. The van der Waals surface area contributed by atoms with Gasteiger partial charge in [0.1, 0.15) is 0 Å². The van der Waals surface area contributed by atoms with Crippen LogP contribution in [-0.2, 0) is 0 Å². The van der Waals surface area contributed by atoms with Crippen molar-refractivity contribution in [3.8, 4) is 0 Å². The van der Waals surface area contributed by atoms with Crippen molar-refractivity contribution in [3.05, 3.63) is 30.3 Å². The molecule has 0 spiro atoms. The van der Waals surface area contributed by atoms with E-state index in [-0.39, 0.29) is 0 Å². The first-order valence-electron chi connectivity index (χ1n) is 6.48. The maximum Gasteiger partial charge on any atom is 0.0629 e. The van der Waals surface area contributed by atoms with E-state index in [1.807, 2.05) is 6.07 Å². The van der Waals surface area contributed by atoms with Crippen molar-refractivity contribution in [1.29, 1.82) is 0 Å². The maximum absolute atomic E-state index is 4.75. The normalized spacial score (nSPS) is 10.1. The minimum Gasteiger partial charge on any atom is -0.258 e. The van der Waals surface area contributed by atoms with Crippen LogP contribution in [0.2, 0.25) is 0 Å². The predicted octanol–water partition coefficient (Wildman–Crippen LogP) is 5.14. The van der Waals surface area contributed by atoms with Crippen molar-refractivity contribution in [2.24, 2.45) is 4.99 Å². The highest BCUT2D eigenvalue weighted by Crippen LogP contribution is 2.14. The van der Waals surface area contributed by atoms with Crippen LogP contribution in [-0.4, -0.2) is 5.71 Å². The summed E-state index contributed by atoms with van der Waals surface area (Å²) in [5, 5.41) is 0. The Labute approximate surface area is 99.6 Å². The van der Waals surface area contributed by atoms with Gasteiger partial charge in [-0.25, -0.2) is 0 Å². The molecule has 0 saturated carbocycles. The molecule has 0 unspecified atom stereocenters. The molecule has 1 aromatic carbocycles. The first-order chi connectivity index (χ1) is 7.86. The quantitative estimate of drug-likeness (QED) is 0.561. The van der Waals surface area contributed by atoms with Crippen molar-refractivity contribution < 1.29 is 0 Å². The number of para-hydroxylation sites is 1. The van der Waals surface area contributed by atoms with Gasteiger partial charge in [0, 0.05) is 5.71 Å². The molecule has 0 aliphatic heterocycles. The molecule has 1 aromatic rings. The molecule has 0 fully saturated rings. The molecule has 1 heteroatoms. The van der Waals surface area contributed by atoms with Crippen LogP contribution in [0.4, 0.5) is 5.69 Å². The molecule has 1 rings (SSSR count). The van der Waals surface area contributed by atoms with E-state index in [4.69, 9.17) is 4.99 Å². The minimum atomic E-state index is 1.10. The van der Waals surface area contributed by atoms with E-state index >= 15 is 0 Å². The Kier molecular flexibility index (Phi) is 6.55. The molecule has 0 bridgehead atoms. The Hall–Kier alpha value is -1.11. The number of rotatable bonds is 7. The van der Waals surface area contributed by atoms with Gasteiger partial charge in [0.25, 0.3) is 0 Å². The van der Waals surface area contributed by atoms with Gasteiger partial charge in [0.15, 0.2) is 0 Å². The smallest absolute Gasteiger partial charge is 0.0629 e. The molecule has 0 aromatic heterocycles. The largest absolute Gasteiger partial charge is 0.258 e. The zero-order chi connectivity index (χ0) is 11.6. The molecule has 88 valence electrons. The average Bonchev–Trinajstić information content (AvgIpc) is 2.34. The number of nitrogens with zero attached hydrogens (tertiary/aromatic N) is 1. The molecule has 1 nitrogen and oxygen atoms in total. The van der Waals surface area contributed by atoms with Crippen LogP contribution in [0.25, 0.3) is 0 Å². The van der Waals surface area contributed by atoms with E-state index in [1.54, 1.807) is 0 Å². The molecule has 0 amide bonds.